The van der Waals surface area contributed by atoms with Crippen molar-refractivity contribution in [3.05, 3.63) is 168 Å². The number of nitrogen functional groups attached to an aromatic ring is 1. The molecular formula is C58H59Cl3N12O4. The number of nitrogens with zero attached hydrogens (tertiary/aromatic N) is 6. The number of Topliss-reactive ketones (excluding diaryl/α,β-unsaturated/α-hetero) is 2. The molecule has 7 N–H and O–H groups in total. The molecule has 2 saturated heterocycles. The van der Waals surface area contributed by atoms with Crippen LogP contribution in [0.25, 0.3) is 44.3 Å². The van der Waals surface area contributed by atoms with E-state index in [-0.39, 0.29) is 41.4 Å². The van der Waals surface area contributed by atoms with Crippen molar-refractivity contribution < 1.29 is 19.2 Å². The van der Waals surface area contributed by atoms with E-state index in [1.165, 1.54) is 6.08 Å². The minimum Gasteiger partial charge on any atom is -0.399 e. The van der Waals surface area contributed by atoms with E-state index in [1.54, 1.807) is 24.5 Å². The number of allylic oxidation sites excluding steroid dienone is 1. The highest BCUT2D eigenvalue weighted by molar-refractivity contribution is 6.66. The van der Waals surface area contributed by atoms with Gasteiger partial charge >= 0.3 is 0 Å². The smallest absolute Gasteiger partial charge is 0.247 e. The maximum atomic E-state index is 13.2. The number of halogens is 3. The van der Waals surface area contributed by atoms with Gasteiger partial charge in [-0.2, -0.15) is 0 Å². The minimum atomic E-state index is -0.509. The Morgan fingerprint density at radius 3 is 1.51 bits per heavy atom. The zero-order chi connectivity index (χ0) is 54.6. The van der Waals surface area contributed by atoms with Gasteiger partial charge in [-0.05, 0) is 98.2 Å². The lowest BCUT2D eigenvalue weighted by molar-refractivity contribution is -0.124. The maximum absolute atomic E-state index is 13.2. The maximum Gasteiger partial charge on any atom is 0.247 e. The van der Waals surface area contributed by atoms with E-state index in [0.717, 1.165) is 76.2 Å². The summed E-state index contributed by atoms with van der Waals surface area (Å²) in [4.78, 5) is 76.4. The number of likely N-dealkylation sites (N-methyl/N-ethyl adjacent to an activating group) is 2. The molecule has 2 unspecified atom stereocenters. The number of aromatic amines is 2. The molecular weight excluding hydrogens is 1040 g/mol. The number of aromatic nitrogens is 6. The van der Waals surface area contributed by atoms with Crippen LogP contribution in [0.15, 0.2) is 147 Å². The Kier molecular flexibility index (Phi) is 18.6. The fourth-order valence-corrected chi connectivity index (χ4v) is 10.1. The van der Waals surface area contributed by atoms with Gasteiger partial charge in [0.1, 0.15) is 11.6 Å². The van der Waals surface area contributed by atoms with Crippen molar-refractivity contribution in [3.63, 3.8) is 0 Å². The number of amides is 1. The van der Waals surface area contributed by atoms with Gasteiger partial charge in [0.2, 0.25) is 23.0 Å². The Morgan fingerprint density at radius 2 is 1.08 bits per heavy atom. The lowest BCUT2D eigenvalue weighted by Gasteiger charge is -2.35. The summed E-state index contributed by atoms with van der Waals surface area (Å²) in [6.07, 6.45) is 11.5. The summed E-state index contributed by atoms with van der Waals surface area (Å²) in [7, 11) is 4.06. The molecule has 2 aliphatic heterocycles. The van der Waals surface area contributed by atoms with E-state index >= 15 is 0 Å². The predicted octanol–water partition coefficient (Wildman–Crippen LogP) is 10.3. The number of piperidine rings is 2. The van der Waals surface area contributed by atoms with Gasteiger partial charge in [0.05, 0.1) is 33.8 Å². The van der Waals surface area contributed by atoms with E-state index in [0.29, 0.717) is 70.5 Å². The monoisotopic (exact) mass is 1090 g/mol. The summed E-state index contributed by atoms with van der Waals surface area (Å²) in [5.74, 6) is 0.965. The molecule has 1 amide bonds. The summed E-state index contributed by atoms with van der Waals surface area (Å²) in [6, 6.07) is 31.0. The van der Waals surface area contributed by atoms with Crippen LogP contribution >= 0.6 is 34.8 Å². The molecule has 10 rings (SSSR count). The Balaban J connectivity index is 0.000000188. The Hall–Kier alpha value is -7.73. The van der Waals surface area contributed by atoms with Crippen LogP contribution < -0.4 is 21.7 Å². The van der Waals surface area contributed by atoms with Gasteiger partial charge in [-0.15, -0.1) is 0 Å². The number of rotatable bonds is 15. The third-order valence-corrected chi connectivity index (χ3v) is 14.0. The lowest BCUT2D eigenvalue weighted by Crippen LogP contribution is -2.47. The van der Waals surface area contributed by atoms with Crippen molar-refractivity contribution in [2.75, 3.05) is 62.0 Å². The van der Waals surface area contributed by atoms with E-state index in [1.807, 2.05) is 111 Å². The van der Waals surface area contributed by atoms with Crippen molar-refractivity contribution in [1.29, 1.82) is 0 Å². The number of H-pyrrole nitrogens is 2. The zero-order valence-electron chi connectivity index (χ0n) is 42.6. The second-order valence-corrected chi connectivity index (χ2v) is 20.4. The first-order valence-corrected chi connectivity index (χ1v) is 26.1. The number of likely N-dealkylation sites (tertiary alicyclic amines) is 2. The number of para-hydroxylation sites is 2. The van der Waals surface area contributed by atoms with Crippen molar-refractivity contribution >= 4 is 103 Å². The fraction of sp³-hybridized carbons (Fsp3) is 0.241. The number of nitrogens with one attached hydrogen (secondary N) is 5. The molecule has 4 aromatic carbocycles. The van der Waals surface area contributed by atoms with Crippen molar-refractivity contribution in [3.8, 4) is 22.5 Å². The molecule has 396 valence electrons. The van der Waals surface area contributed by atoms with Crippen LogP contribution in [-0.4, -0.2) is 115 Å². The topological polar surface area (TPSA) is 220 Å². The molecule has 4 atom stereocenters. The molecule has 77 heavy (non-hydrogen) atoms. The van der Waals surface area contributed by atoms with Gasteiger partial charge in [-0.1, -0.05) is 97.0 Å². The van der Waals surface area contributed by atoms with Gasteiger partial charge in [0, 0.05) is 120 Å². The largest absolute Gasteiger partial charge is 0.399 e. The standard InChI is InChI=1S/C29H29ClN6O2.C26H27ClN6O.C3H3ClO/c1-3-27(38)33-20-10-8-18(9-11-20)12-26(37)19-13-21(17-36(2)16-19)34-29-32-15-24(30)28(35-29)23-14-31-25-7-5-4-6-22(23)25;1-33-14-17(24(34)10-16-6-8-18(28)9-7-16)11-19(15-33)31-26-30-13-22(27)25(32-26)21-12-29-23-5-3-2-4-20(21)23;1-2-3(4)5/h3-11,14-15,19,21,31H,1,12-13,16-17H2,2H3,(H,33,38)(H,32,34,35);2-9,12-13,17,19,29H,10-11,14-15,28H2,1H3,(H,30,31,32);2H,1H2/t19-,21?;17-,19?;/m11./s1. The molecule has 0 spiro atoms. The molecule has 2 fully saturated rings. The van der Waals surface area contributed by atoms with Crippen molar-refractivity contribution in [2.24, 2.45) is 11.8 Å². The van der Waals surface area contributed by atoms with Gasteiger partial charge in [0.15, 0.2) is 0 Å². The summed E-state index contributed by atoms with van der Waals surface area (Å²) >= 11 is 17.7. The first-order chi connectivity index (χ1) is 37.1. The normalized spacial score (nSPS) is 17.5. The van der Waals surface area contributed by atoms with E-state index in [2.05, 4.69) is 58.8 Å². The number of ketones is 2. The van der Waals surface area contributed by atoms with Crippen LogP contribution in [0.5, 0.6) is 0 Å². The van der Waals surface area contributed by atoms with Crippen LogP contribution in [0.1, 0.15) is 24.0 Å². The highest BCUT2D eigenvalue weighted by Crippen LogP contribution is 2.35. The number of carbonyl (C=O) groups excluding carboxylic acids is 4. The van der Waals surface area contributed by atoms with Crippen LogP contribution in [-0.2, 0) is 32.0 Å². The minimum absolute atomic E-state index is 0.0104. The Labute approximate surface area is 461 Å². The molecule has 2 aliphatic rings. The van der Waals surface area contributed by atoms with E-state index < -0.39 is 5.24 Å². The van der Waals surface area contributed by atoms with Crippen molar-refractivity contribution in [2.45, 2.75) is 37.8 Å². The fourth-order valence-electron chi connectivity index (χ4n) is 9.69. The number of benzene rings is 4. The van der Waals surface area contributed by atoms with Gasteiger partial charge in [-0.3, -0.25) is 19.2 Å². The third kappa shape index (κ3) is 14.8. The number of nitrogens with two attached hydrogens (primary N) is 1. The first-order valence-electron chi connectivity index (χ1n) is 24.9. The van der Waals surface area contributed by atoms with Gasteiger partial charge in [-0.25, -0.2) is 19.9 Å². The van der Waals surface area contributed by atoms with Crippen LogP contribution in [0.4, 0.5) is 23.3 Å². The second-order valence-electron chi connectivity index (χ2n) is 19.2. The molecule has 16 nitrogen and oxygen atoms in total. The first kappa shape index (κ1) is 55.5. The number of hydrogen-bond acceptors (Lipinski definition) is 13. The highest BCUT2D eigenvalue weighted by Gasteiger charge is 2.32. The number of hydrogen-bond donors (Lipinski definition) is 6. The van der Waals surface area contributed by atoms with Crippen LogP contribution in [0.2, 0.25) is 10.0 Å². The lowest BCUT2D eigenvalue weighted by atomic mass is 9.88. The number of fused-ring (bicyclic) bond motifs is 2. The summed E-state index contributed by atoms with van der Waals surface area (Å²) < 4.78 is 0. The van der Waals surface area contributed by atoms with Gasteiger partial charge in [0.25, 0.3) is 0 Å². The Bertz CT molecular complexity index is 3400. The van der Waals surface area contributed by atoms with E-state index in [4.69, 9.17) is 50.5 Å². The number of carbonyl (C=O) groups is 4. The molecule has 19 heteroatoms. The average Bonchev–Trinajstić information content (AvgIpc) is 4.09. The number of anilines is 4. The molecule has 0 aliphatic carbocycles. The Morgan fingerprint density at radius 1 is 0.649 bits per heavy atom. The quantitative estimate of drug-likeness (QED) is 0.0320. The summed E-state index contributed by atoms with van der Waals surface area (Å²) in [6.45, 7) is 9.56. The summed E-state index contributed by atoms with van der Waals surface area (Å²) in [5.41, 5.74) is 14.3. The zero-order valence-corrected chi connectivity index (χ0v) is 44.9. The van der Waals surface area contributed by atoms with E-state index in [9.17, 15) is 19.2 Å². The average molecular weight is 1090 g/mol. The molecule has 8 aromatic rings. The van der Waals surface area contributed by atoms with Crippen LogP contribution in [0.3, 0.4) is 0 Å². The van der Waals surface area contributed by atoms with Gasteiger partial charge < -0.3 is 41.5 Å². The summed E-state index contributed by atoms with van der Waals surface area (Å²) in [5, 5.41) is 12.2. The molecule has 6 heterocycles. The molecule has 0 bridgehead atoms. The highest BCUT2D eigenvalue weighted by atomic mass is 35.5. The molecule has 0 saturated carbocycles. The molecule has 0 radical (unpaired) electrons. The third-order valence-electron chi connectivity index (χ3n) is 13.3. The van der Waals surface area contributed by atoms with Crippen molar-refractivity contribution in [1.82, 2.24) is 39.7 Å². The second kappa shape index (κ2) is 25.9. The van der Waals surface area contributed by atoms with Crippen LogP contribution in [0, 0.1) is 11.8 Å². The molecule has 4 aromatic heterocycles. The predicted molar refractivity (Wildman–Crippen MR) is 309 cm³/mol. The SMILES string of the molecule is C=CC(=O)Cl.C=CC(=O)Nc1ccc(CC(=O)[C@@H]2CC(Nc3ncc(Cl)c(-c4c[nH]c5ccccc45)n3)CN(C)C2)cc1.CN1CC(Nc2ncc(Cl)c(-c3c[nH]c4ccccc34)n2)C[C@@H](C(=O)Cc2ccc(N)cc2)C1.